The van der Waals surface area contributed by atoms with Gasteiger partial charge in [-0.2, -0.15) is 4.99 Å². The molecule has 0 saturated heterocycles. The summed E-state index contributed by atoms with van der Waals surface area (Å²) in [6, 6.07) is 6.15. The Hall–Kier alpha value is -2.13. The maximum absolute atomic E-state index is 10.5. The van der Waals surface area contributed by atoms with Gasteiger partial charge in [-0.25, -0.2) is 9.59 Å². The molecule has 15 heavy (non-hydrogen) atoms. The van der Waals surface area contributed by atoms with Gasteiger partial charge in [-0.15, -0.1) is 0 Å². The van der Waals surface area contributed by atoms with Crippen LogP contribution in [0.1, 0.15) is 6.92 Å². The second kappa shape index (κ2) is 4.93. The maximum Gasteiger partial charge on any atom is 0.344 e. The van der Waals surface area contributed by atoms with Crippen molar-refractivity contribution in [2.24, 2.45) is 4.99 Å². The summed E-state index contributed by atoms with van der Waals surface area (Å²) in [4.78, 5) is 23.8. The molecule has 1 N–H and O–H groups in total. The van der Waals surface area contributed by atoms with Crippen LogP contribution in [0.15, 0.2) is 29.3 Å². The zero-order chi connectivity index (χ0) is 11.3. The van der Waals surface area contributed by atoms with Gasteiger partial charge in [0, 0.05) is 0 Å². The van der Waals surface area contributed by atoms with Crippen molar-refractivity contribution in [3.63, 3.8) is 0 Å². The number of carboxylic acids is 1. The molecule has 0 aliphatic carbocycles. The molecule has 5 nitrogen and oxygen atoms in total. The van der Waals surface area contributed by atoms with Gasteiger partial charge in [0.1, 0.15) is 5.75 Å². The molecule has 0 aliphatic heterocycles. The van der Waals surface area contributed by atoms with Gasteiger partial charge in [0.2, 0.25) is 6.08 Å². The summed E-state index contributed by atoms with van der Waals surface area (Å²) in [6.07, 6.45) is 0.491. The van der Waals surface area contributed by atoms with Crippen molar-refractivity contribution in [1.82, 2.24) is 0 Å². The molecule has 0 aliphatic rings. The van der Waals surface area contributed by atoms with Crippen LogP contribution in [0.5, 0.6) is 5.75 Å². The summed E-state index contributed by atoms with van der Waals surface area (Å²) in [7, 11) is 0. The number of aliphatic carboxylic acids is 1. The number of aliphatic imine (C=N–C) groups is 1. The van der Waals surface area contributed by atoms with Crippen LogP contribution in [-0.2, 0) is 9.59 Å². The molecule has 1 unspecified atom stereocenters. The number of carboxylic acid groups (broad SMARTS) is 1. The summed E-state index contributed by atoms with van der Waals surface area (Å²) >= 11 is 0. The average Bonchev–Trinajstić information content (AvgIpc) is 2.21. The lowest BCUT2D eigenvalue weighted by Gasteiger charge is -2.09. The Balaban J connectivity index is 2.72. The van der Waals surface area contributed by atoms with Gasteiger partial charge in [0.15, 0.2) is 6.10 Å². The Morgan fingerprint density at radius 1 is 1.47 bits per heavy atom. The predicted octanol–water partition coefficient (Wildman–Crippen LogP) is 1.51. The molecule has 0 amide bonds. The standard InChI is InChI=1S/C10H9NO4/c1-7(10(13)14)15-9-4-2-8(3-5-9)11-6-12/h2-5,7H,1H3,(H,13,14). The number of benzene rings is 1. The summed E-state index contributed by atoms with van der Waals surface area (Å²) in [5.74, 6) is -0.625. The molecule has 0 fully saturated rings. The highest BCUT2D eigenvalue weighted by Gasteiger charge is 2.11. The number of carbonyl (C=O) groups excluding carboxylic acids is 1. The van der Waals surface area contributed by atoms with E-state index in [1.165, 1.54) is 37.3 Å². The molecule has 0 saturated carbocycles. The maximum atomic E-state index is 10.5. The number of isocyanates is 1. The van der Waals surface area contributed by atoms with Crippen molar-refractivity contribution in [1.29, 1.82) is 0 Å². The fraction of sp³-hybridized carbons (Fsp3) is 0.200. The Bertz CT molecular complexity index is 392. The first-order valence-electron chi connectivity index (χ1n) is 4.21. The molecular formula is C10H9NO4. The van der Waals surface area contributed by atoms with Crippen LogP contribution in [0.4, 0.5) is 5.69 Å². The van der Waals surface area contributed by atoms with Crippen molar-refractivity contribution < 1.29 is 19.4 Å². The smallest absolute Gasteiger partial charge is 0.344 e. The zero-order valence-corrected chi connectivity index (χ0v) is 8.01. The van der Waals surface area contributed by atoms with E-state index < -0.39 is 12.1 Å². The largest absolute Gasteiger partial charge is 0.479 e. The molecule has 78 valence electrons. The van der Waals surface area contributed by atoms with Gasteiger partial charge < -0.3 is 9.84 Å². The fourth-order valence-electron chi connectivity index (χ4n) is 0.906. The summed E-state index contributed by atoms with van der Waals surface area (Å²) in [5.41, 5.74) is 0.445. The van der Waals surface area contributed by atoms with E-state index >= 15 is 0 Å². The number of hydrogen-bond donors (Lipinski definition) is 1. The molecule has 0 bridgehead atoms. The SMILES string of the molecule is CC(Oc1ccc(N=C=O)cc1)C(=O)O. The van der Waals surface area contributed by atoms with Gasteiger partial charge in [0.05, 0.1) is 5.69 Å². The third-order valence-corrected chi connectivity index (χ3v) is 1.67. The van der Waals surface area contributed by atoms with E-state index in [0.29, 0.717) is 11.4 Å². The van der Waals surface area contributed by atoms with Crippen molar-refractivity contribution in [3.05, 3.63) is 24.3 Å². The quantitative estimate of drug-likeness (QED) is 0.599. The zero-order valence-electron chi connectivity index (χ0n) is 8.01. The minimum absolute atomic E-state index is 0.412. The number of hydrogen-bond acceptors (Lipinski definition) is 4. The molecule has 1 aromatic carbocycles. The monoisotopic (exact) mass is 207 g/mol. The van der Waals surface area contributed by atoms with E-state index in [9.17, 15) is 9.59 Å². The molecule has 1 aromatic rings. The lowest BCUT2D eigenvalue weighted by molar-refractivity contribution is -0.144. The lowest BCUT2D eigenvalue weighted by atomic mass is 10.3. The lowest BCUT2D eigenvalue weighted by Crippen LogP contribution is -2.22. The van der Waals surface area contributed by atoms with Gasteiger partial charge in [-0.05, 0) is 31.2 Å². The first-order chi connectivity index (χ1) is 7.13. The van der Waals surface area contributed by atoms with Gasteiger partial charge in [-0.1, -0.05) is 0 Å². The Labute approximate surface area is 86.0 Å². The van der Waals surface area contributed by atoms with Gasteiger partial charge >= 0.3 is 5.97 Å². The fourth-order valence-corrected chi connectivity index (χ4v) is 0.906. The summed E-state index contributed by atoms with van der Waals surface area (Å²) in [6.45, 7) is 1.43. The Morgan fingerprint density at radius 3 is 2.53 bits per heavy atom. The van der Waals surface area contributed by atoms with Crippen LogP contribution in [-0.4, -0.2) is 23.3 Å². The molecule has 0 aromatic heterocycles. The third-order valence-electron chi connectivity index (χ3n) is 1.67. The van der Waals surface area contributed by atoms with Crippen molar-refractivity contribution >= 4 is 17.7 Å². The average molecular weight is 207 g/mol. The molecule has 0 radical (unpaired) electrons. The highest BCUT2D eigenvalue weighted by Crippen LogP contribution is 2.18. The van der Waals surface area contributed by atoms with Crippen molar-refractivity contribution in [2.45, 2.75) is 13.0 Å². The number of carbonyl (C=O) groups is 1. The minimum atomic E-state index is -1.04. The van der Waals surface area contributed by atoms with Crippen LogP contribution in [0, 0.1) is 0 Å². The third kappa shape index (κ3) is 3.25. The highest BCUT2D eigenvalue weighted by molar-refractivity contribution is 5.72. The van der Waals surface area contributed by atoms with E-state index in [4.69, 9.17) is 9.84 Å². The van der Waals surface area contributed by atoms with Gasteiger partial charge in [0.25, 0.3) is 0 Å². The number of rotatable bonds is 4. The van der Waals surface area contributed by atoms with E-state index in [2.05, 4.69) is 4.99 Å². The molecule has 1 atom stereocenters. The Kier molecular flexibility index (Phi) is 3.60. The van der Waals surface area contributed by atoms with E-state index in [1.54, 1.807) is 0 Å². The molecule has 5 heteroatoms. The van der Waals surface area contributed by atoms with Crippen molar-refractivity contribution in [3.8, 4) is 5.75 Å². The van der Waals surface area contributed by atoms with Crippen LogP contribution in [0.25, 0.3) is 0 Å². The molecular weight excluding hydrogens is 198 g/mol. The number of ether oxygens (including phenoxy) is 1. The van der Waals surface area contributed by atoms with Crippen LogP contribution in [0.2, 0.25) is 0 Å². The second-order valence-electron chi connectivity index (χ2n) is 2.80. The molecule has 0 heterocycles. The summed E-state index contributed by atoms with van der Waals surface area (Å²) < 4.78 is 5.07. The minimum Gasteiger partial charge on any atom is -0.479 e. The normalized spacial score (nSPS) is 11.3. The molecule has 1 rings (SSSR count). The number of nitrogens with zero attached hydrogens (tertiary/aromatic N) is 1. The topological polar surface area (TPSA) is 76.0 Å². The van der Waals surface area contributed by atoms with Gasteiger partial charge in [-0.3, -0.25) is 0 Å². The van der Waals surface area contributed by atoms with Crippen LogP contribution < -0.4 is 4.74 Å². The Morgan fingerprint density at radius 2 is 2.07 bits per heavy atom. The van der Waals surface area contributed by atoms with E-state index in [1.807, 2.05) is 0 Å². The van der Waals surface area contributed by atoms with Crippen LogP contribution in [0.3, 0.4) is 0 Å². The highest BCUT2D eigenvalue weighted by atomic mass is 16.5. The first kappa shape index (κ1) is 10.9. The predicted molar refractivity (Wildman–Crippen MR) is 51.9 cm³/mol. The van der Waals surface area contributed by atoms with E-state index in [-0.39, 0.29) is 0 Å². The van der Waals surface area contributed by atoms with Crippen molar-refractivity contribution in [2.75, 3.05) is 0 Å². The molecule has 0 spiro atoms. The second-order valence-corrected chi connectivity index (χ2v) is 2.80. The van der Waals surface area contributed by atoms with E-state index in [0.717, 1.165) is 0 Å². The first-order valence-corrected chi connectivity index (χ1v) is 4.21. The van der Waals surface area contributed by atoms with Crippen LogP contribution >= 0.6 is 0 Å². The summed E-state index contributed by atoms with van der Waals surface area (Å²) in [5, 5.41) is 8.59.